The summed E-state index contributed by atoms with van der Waals surface area (Å²) >= 11 is 0. The number of rotatable bonds is 5. The molecule has 0 unspecified atom stereocenters. The third-order valence-electron chi connectivity index (χ3n) is 13.0. The predicted octanol–water partition coefficient (Wildman–Crippen LogP) is 16.8. The Kier molecular flexibility index (Phi) is 7.64. The number of hydrogen-bond donors (Lipinski definition) is 0. The first-order chi connectivity index (χ1) is 30.8. The molecule has 0 bridgehead atoms. The average Bonchev–Trinajstić information content (AvgIpc) is 3.89. The molecule has 62 heavy (non-hydrogen) atoms. The zero-order chi connectivity index (χ0) is 40.7. The monoisotopic (exact) mass is 787 g/mol. The Hall–Kier alpha value is -8.20. The van der Waals surface area contributed by atoms with E-state index in [4.69, 9.17) is 4.42 Å². The summed E-state index contributed by atoms with van der Waals surface area (Å²) in [6, 6.07) is 81.8. The van der Waals surface area contributed by atoms with Crippen molar-refractivity contribution in [2.75, 3.05) is 0 Å². The van der Waals surface area contributed by atoms with Crippen LogP contribution in [-0.4, -0.2) is 4.57 Å². The van der Waals surface area contributed by atoms with Crippen molar-refractivity contribution in [2.24, 2.45) is 0 Å². The molecule has 2 heterocycles. The van der Waals surface area contributed by atoms with E-state index in [0.29, 0.717) is 0 Å². The van der Waals surface area contributed by atoms with Crippen LogP contribution in [0.15, 0.2) is 229 Å². The van der Waals surface area contributed by atoms with E-state index in [1.807, 2.05) is 0 Å². The topological polar surface area (TPSA) is 18.1 Å². The second kappa shape index (κ2) is 13.7. The molecule has 288 valence electrons. The van der Waals surface area contributed by atoms with Crippen LogP contribution in [0, 0.1) is 0 Å². The molecule has 13 aromatic rings. The number of furan rings is 1. The van der Waals surface area contributed by atoms with E-state index in [1.165, 1.54) is 87.5 Å². The van der Waals surface area contributed by atoms with Crippen LogP contribution in [0.25, 0.3) is 126 Å². The Morgan fingerprint density at radius 1 is 0.274 bits per heavy atom. The maximum absolute atomic E-state index is 6.64. The normalized spacial score (nSPS) is 11.9. The first kappa shape index (κ1) is 34.6. The summed E-state index contributed by atoms with van der Waals surface area (Å²) in [5.41, 5.74) is 14.9. The first-order valence-electron chi connectivity index (χ1n) is 21.3. The molecular formula is C60H37NO. The number of benzene rings is 11. The molecule has 0 saturated carbocycles. The molecule has 2 heteroatoms. The highest BCUT2D eigenvalue weighted by molar-refractivity contribution is 6.25. The van der Waals surface area contributed by atoms with Gasteiger partial charge in [-0.1, -0.05) is 188 Å². The summed E-state index contributed by atoms with van der Waals surface area (Å²) in [5, 5.41) is 12.1. The van der Waals surface area contributed by atoms with E-state index in [0.717, 1.165) is 38.8 Å². The van der Waals surface area contributed by atoms with E-state index >= 15 is 0 Å². The minimum atomic E-state index is 0.881. The van der Waals surface area contributed by atoms with Gasteiger partial charge in [0.2, 0.25) is 0 Å². The minimum Gasteiger partial charge on any atom is -0.456 e. The molecule has 11 aromatic carbocycles. The third kappa shape index (κ3) is 5.11. The fourth-order valence-corrected chi connectivity index (χ4v) is 10.4. The van der Waals surface area contributed by atoms with Crippen molar-refractivity contribution < 1.29 is 4.42 Å². The third-order valence-corrected chi connectivity index (χ3v) is 13.0. The van der Waals surface area contributed by atoms with Gasteiger partial charge in [0.15, 0.2) is 0 Å². The Balaban J connectivity index is 1.11. The molecule has 2 aromatic heterocycles. The minimum absolute atomic E-state index is 0.881. The van der Waals surface area contributed by atoms with Crippen LogP contribution in [0.5, 0.6) is 0 Å². The lowest BCUT2D eigenvalue weighted by atomic mass is 9.83. The van der Waals surface area contributed by atoms with Crippen LogP contribution in [0.4, 0.5) is 0 Å². The first-order valence-corrected chi connectivity index (χ1v) is 21.3. The Labute approximate surface area is 358 Å². The van der Waals surface area contributed by atoms with Gasteiger partial charge >= 0.3 is 0 Å². The molecule has 0 amide bonds. The molecule has 0 radical (unpaired) electrons. The molecule has 0 N–H and O–H groups in total. The lowest BCUT2D eigenvalue weighted by Gasteiger charge is -2.20. The molecule has 0 aliphatic carbocycles. The predicted molar refractivity (Wildman–Crippen MR) is 262 cm³/mol. The van der Waals surface area contributed by atoms with E-state index in [-0.39, 0.29) is 0 Å². The molecule has 0 spiro atoms. The highest BCUT2D eigenvalue weighted by Gasteiger charge is 2.23. The lowest BCUT2D eigenvalue weighted by Crippen LogP contribution is -1.94. The molecule has 2 nitrogen and oxygen atoms in total. The van der Waals surface area contributed by atoms with E-state index in [9.17, 15) is 0 Å². The smallest absolute Gasteiger partial charge is 0.136 e. The maximum atomic E-state index is 6.64. The number of para-hydroxylation sites is 3. The highest BCUT2D eigenvalue weighted by Crippen LogP contribution is 2.49. The number of fused-ring (bicyclic) bond motifs is 9. The summed E-state index contributed by atoms with van der Waals surface area (Å²) in [6.45, 7) is 0. The van der Waals surface area contributed by atoms with Gasteiger partial charge in [0.05, 0.1) is 11.0 Å². The Bertz CT molecular complexity index is 3850. The molecule has 0 atom stereocenters. The van der Waals surface area contributed by atoms with Crippen LogP contribution < -0.4 is 0 Å². The molecule has 13 rings (SSSR count). The largest absolute Gasteiger partial charge is 0.456 e. The molecule has 0 saturated heterocycles. The van der Waals surface area contributed by atoms with Crippen LogP contribution >= 0.6 is 0 Å². The molecule has 0 aliphatic rings. The fourth-order valence-electron chi connectivity index (χ4n) is 10.4. The second-order valence-corrected chi connectivity index (χ2v) is 16.3. The van der Waals surface area contributed by atoms with Crippen LogP contribution in [0.3, 0.4) is 0 Å². The van der Waals surface area contributed by atoms with Crippen molar-refractivity contribution in [3.8, 4) is 50.2 Å². The zero-order valence-corrected chi connectivity index (χ0v) is 33.7. The van der Waals surface area contributed by atoms with Crippen molar-refractivity contribution in [3.63, 3.8) is 0 Å². The van der Waals surface area contributed by atoms with Crippen molar-refractivity contribution >= 4 is 76.1 Å². The Morgan fingerprint density at radius 3 is 1.50 bits per heavy atom. The number of hydrogen-bond acceptors (Lipinski definition) is 1. The fraction of sp³-hybridized carbons (Fsp3) is 0. The van der Waals surface area contributed by atoms with Crippen LogP contribution in [-0.2, 0) is 0 Å². The lowest BCUT2D eigenvalue weighted by molar-refractivity contribution is 0.669. The van der Waals surface area contributed by atoms with Crippen LogP contribution in [0.2, 0.25) is 0 Å². The summed E-state index contributed by atoms with van der Waals surface area (Å²) in [7, 11) is 0. The van der Waals surface area contributed by atoms with Crippen molar-refractivity contribution in [3.05, 3.63) is 224 Å². The van der Waals surface area contributed by atoms with Gasteiger partial charge in [-0.2, -0.15) is 0 Å². The maximum Gasteiger partial charge on any atom is 0.136 e. The number of nitrogens with zero attached hydrogens (tertiary/aromatic N) is 1. The van der Waals surface area contributed by atoms with Gasteiger partial charge in [0.25, 0.3) is 0 Å². The summed E-state index contributed by atoms with van der Waals surface area (Å²) in [4.78, 5) is 0. The van der Waals surface area contributed by atoms with Crippen molar-refractivity contribution in [2.45, 2.75) is 0 Å². The van der Waals surface area contributed by atoms with E-state index in [2.05, 4.69) is 229 Å². The zero-order valence-electron chi connectivity index (χ0n) is 33.7. The van der Waals surface area contributed by atoms with Crippen molar-refractivity contribution in [1.82, 2.24) is 4.57 Å². The average molecular weight is 788 g/mol. The van der Waals surface area contributed by atoms with E-state index in [1.54, 1.807) is 0 Å². The summed E-state index contributed by atoms with van der Waals surface area (Å²) in [6.07, 6.45) is 0. The van der Waals surface area contributed by atoms with Crippen molar-refractivity contribution in [1.29, 1.82) is 0 Å². The molecule has 0 aliphatic heterocycles. The summed E-state index contributed by atoms with van der Waals surface area (Å²) < 4.78 is 9.04. The van der Waals surface area contributed by atoms with Gasteiger partial charge < -0.3 is 8.98 Å². The van der Waals surface area contributed by atoms with E-state index < -0.39 is 0 Å². The van der Waals surface area contributed by atoms with Gasteiger partial charge in [-0.05, 0) is 108 Å². The standard InChI is InChI=1S/C60H37NO/c1-3-17-38(18-4-1)57-48-22-7-9-24-50(48)58(51-25-10-8-23-49(51)57)46-29-15-28-43-42(46)27-16-30-47(43)59-41(35-36-56-60(59)52-26-12-14-32-55(52)62-56)39-33-34-45-44-21-11-13-31-53(44)61(54(45)37-39)40-19-5-2-6-20-40/h1-37H. The SMILES string of the molecule is c1ccc(-c2c3ccccc3c(-c3cccc4c(-c5c(-c6ccc7c8ccccc8n(-c8ccccc8)c7c6)ccc6oc7ccccc7c56)cccc34)c3ccccc23)cc1. The molecule has 0 fully saturated rings. The Morgan fingerprint density at radius 2 is 0.806 bits per heavy atom. The summed E-state index contributed by atoms with van der Waals surface area (Å²) in [5.74, 6) is 0. The van der Waals surface area contributed by atoms with Gasteiger partial charge in [-0.3, -0.25) is 0 Å². The van der Waals surface area contributed by atoms with Gasteiger partial charge in [-0.25, -0.2) is 0 Å². The van der Waals surface area contributed by atoms with Gasteiger partial charge in [-0.15, -0.1) is 0 Å². The highest BCUT2D eigenvalue weighted by atomic mass is 16.3. The van der Waals surface area contributed by atoms with Gasteiger partial charge in [0.1, 0.15) is 11.2 Å². The quantitative estimate of drug-likeness (QED) is 0.159. The molecular weight excluding hydrogens is 751 g/mol. The second-order valence-electron chi connectivity index (χ2n) is 16.3. The van der Waals surface area contributed by atoms with Gasteiger partial charge in [0, 0.05) is 32.8 Å². The number of aromatic nitrogens is 1. The van der Waals surface area contributed by atoms with Crippen LogP contribution in [0.1, 0.15) is 0 Å².